The predicted molar refractivity (Wildman–Crippen MR) is 109 cm³/mol. The van der Waals surface area contributed by atoms with Gasteiger partial charge in [-0.2, -0.15) is 0 Å². The van der Waals surface area contributed by atoms with Crippen LogP contribution in [-0.4, -0.2) is 53.2 Å². The number of hydrogen-bond donors (Lipinski definition) is 2. The van der Waals surface area contributed by atoms with Crippen molar-refractivity contribution in [2.45, 2.75) is 32.1 Å². The Bertz CT molecular complexity index is 811. The SMILES string of the molecule is O=C1CSC(=O)N1CCNC(=O)C1(C(=O)NCC2CCC2)Cc2ccccc2C1. The third-order valence-electron chi connectivity index (χ3n) is 6.21. The van der Waals surface area contributed by atoms with E-state index in [2.05, 4.69) is 10.6 Å². The van der Waals surface area contributed by atoms with E-state index in [1.165, 1.54) is 6.42 Å². The van der Waals surface area contributed by atoms with E-state index < -0.39 is 5.41 Å². The minimum atomic E-state index is -1.18. The lowest BCUT2D eigenvalue weighted by Crippen LogP contribution is -2.54. The Morgan fingerprint density at radius 1 is 1.07 bits per heavy atom. The van der Waals surface area contributed by atoms with E-state index in [9.17, 15) is 19.2 Å². The highest BCUT2D eigenvalue weighted by Crippen LogP contribution is 2.38. The first kappa shape index (κ1) is 19.9. The van der Waals surface area contributed by atoms with Crippen LogP contribution in [0.4, 0.5) is 4.79 Å². The van der Waals surface area contributed by atoms with E-state index in [1.807, 2.05) is 24.3 Å². The number of hydrogen-bond acceptors (Lipinski definition) is 5. The van der Waals surface area contributed by atoms with E-state index in [4.69, 9.17) is 0 Å². The number of nitrogens with one attached hydrogen (secondary N) is 2. The van der Waals surface area contributed by atoms with Crippen LogP contribution in [0.3, 0.4) is 0 Å². The fraction of sp³-hybridized carbons (Fsp3) is 0.524. The van der Waals surface area contributed by atoms with Crippen molar-refractivity contribution in [3.63, 3.8) is 0 Å². The molecule has 2 aliphatic carbocycles. The Morgan fingerprint density at radius 2 is 1.72 bits per heavy atom. The van der Waals surface area contributed by atoms with Gasteiger partial charge >= 0.3 is 0 Å². The average Bonchev–Trinajstić information content (AvgIpc) is 3.22. The number of imide groups is 1. The summed E-state index contributed by atoms with van der Waals surface area (Å²) in [4.78, 5) is 50.9. The number of amides is 4. The molecule has 2 fully saturated rings. The lowest BCUT2D eigenvalue weighted by molar-refractivity contribution is -0.143. The molecule has 1 aliphatic heterocycles. The summed E-state index contributed by atoms with van der Waals surface area (Å²) < 4.78 is 0. The molecule has 1 saturated carbocycles. The minimum Gasteiger partial charge on any atom is -0.355 e. The number of nitrogens with zero attached hydrogens (tertiary/aromatic N) is 1. The second kappa shape index (κ2) is 8.18. The largest absolute Gasteiger partial charge is 0.355 e. The molecule has 3 aliphatic rings. The van der Waals surface area contributed by atoms with Crippen molar-refractivity contribution >= 4 is 34.7 Å². The lowest BCUT2D eigenvalue weighted by Gasteiger charge is -2.30. The summed E-state index contributed by atoms with van der Waals surface area (Å²) in [6.45, 7) is 0.881. The van der Waals surface area contributed by atoms with Gasteiger partial charge in [0.15, 0.2) is 0 Å². The van der Waals surface area contributed by atoms with Crippen molar-refractivity contribution in [1.29, 1.82) is 0 Å². The van der Waals surface area contributed by atoms with Gasteiger partial charge in [-0.15, -0.1) is 0 Å². The topological polar surface area (TPSA) is 95.6 Å². The first-order valence-electron chi connectivity index (χ1n) is 10.1. The van der Waals surface area contributed by atoms with Gasteiger partial charge in [-0.25, -0.2) is 0 Å². The molecule has 0 unspecified atom stereocenters. The molecule has 4 rings (SSSR count). The maximum atomic E-state index is 13.2. The van der Waals surface area contributed by atoms with Crippen LogP contribution in [0.1, 0.15) is 30.4 Å². The summed E-state index contributed by atoms with van der Waals surface area (Å²) in [6, 6.07) is 7.76. The fourth-order valence-electron chi connectivity index (χ4n) is 4.19. The maximum Gasteiger partial charge on any atom is 0.288 e. The first-order valence-corrected chi connectivity index (χ1v) is 11.1. The number of rotatable bonds is 7. The van der Waals surface area contributed by atoms with Crippen LogP contribution in [0.25, 0.3) is 0 Å². The molecule has 2 N–H and O–H groups in total. The molecule has 0 atom stereocenters. The van der Waals surface area contributed by atoms with Crippen molar-refractivity contribution in [2.24, 2.45) is 11.3 Å². The van der Waals surface area contributed by atoms with Crippen LogP contribution in [0, 0.1) is 11.3 Å². The van der Waals surface area contributed by atoms with Crippen LogP contribution >= 0.6 is 11.8 Å². The zero-order valence-corrected chi connectivity index (χ0v) is 17.1. The van der Waals surface area contributed by atoms with Crippen LogP contribution < -0.4 is 10.6 Å². The molecule has 0 bridgehead atoms. The zero-order valence-electron chi connectivity index (χ0n) is 16.2. The average molecular weight is 416 g/mol. The van der Waals surface area contributed by atoms with Crippen molar-refractivity contribution in [3.8, 4) is 0 Å². The van der Waals surface area contributed by atoms with Gasteiger partial charge in [0.05, 0.1) is 5.75 Å². The summed E-state index contributed by atoms with van der Waals surface area (Å²) in [7, 11) is 0. The summed E-state index contributed by atoms with van der Waals surface area (Å²) in [6.07, 6.45) is 4.17. The number of carbonyl (C=O) groups is 4. The summed E-state index contributed by atoms with van der Waals surface area (Å²) >= 11 is 0.971. The van der Waals surface area contributed by atoms with E-state index >= 15 is 0 Å². The van der Waals surface area contributed by atoms with Crippen LogP contribution in [0.15, 0.2) is 24.3 Å². The molecule has 0 radical (unpaired) electrons. The van der Waals surface area contributed by atoms with Gasteiger partial charge in [0, 0.05) is 19.6 Å². The van der Waals surface area contributed by atoms with E-state index in [1.54, 1.807) is 0 Å². The monoisotopic (exact) mass is 415 g/mol. The van der Waals surface area contributed by atoms with Crippen molar-refractivity contribution in [2.75, 3.05) is 25.4 Å². The van der Waals surface area contributed by atoms with E-state index in [0.717, 1.165) is 40.6 Å². The van der Waals surface area contributed by atoms with Gasteiger partial charge < -0.3 is 10.6 Å². The third-order valence-corrected chi connectivity index (χ3v) is 7.07. The highest BCUT2D eigenvalue weighted by atomic mass is 32.2. The molecule has 7 nitrogen and oxygen atoms in total. The molecule has 29 heavy (non-hydrogen) atoms. The van der Waals surface area contributed by atoms with Crippen molar-refractivity contribution in [1.82, 2.24) is 15.5 Å². The second-order valence-electron chi connectivity index (χ2n) is 8.07. The molecule has 0 aromatic heterocycles. The van der Waals surface area contributed by atoms with Crippen LogP contribution in [0.2, 0.25) is 0 Å². The van der Waals surface area contributed by atoms with Crippen molar-refractivity contribution < 1.29 is 19.2 Å². The molecular formula is C21H25N3O4S. The molecule has 1 saturated heterocycles. The maximum absolute atomic E-state index is 13.2. The van der Waals surface area contributed by atoms with Crippen LogP contribution in [-0.2, 0) is 27.2 Å². The van der Waals surface area contributed by atoms with Gasteiger partial charge in [-0.05, 0) is 42.7 Å². The number of carbonyl (C=O) groups excluding carboxylic acids is 4. The molecule has 1 heterocycles. The molecule has 154 valence electrons. The lowest BCUT2D eigenvalue weighted by atomic mass is 9.81. The van der Waals surface area contributed by atoms with Gasteiger partial charge in [0.2, 0.25) is 17.7 Å². The highest BCUT2D eigenvalue weighted by Gasteiger charge is 2.50. The van der Waals surface area contributed by atoms with Gasteiger partial charge in [-0.1, -0.05) is 42.4 Å². The van der Waals surface area contributed by atoms with Gasteiger partial charge in [0.1, 0.15) is 5.41 Å². The molecule has 4 amide bonds. The van der Waals surface area contributed by atoms with Gasteiger partial charge in [0.25, 0.3) is 5.24 Å². The number of benzene rings is 1. The molecular weight excluding hydrogens is 390 g/mol. The Morgan fingerprint density at radius 3 is 2.28 bits per heavy atom. The molecule has 1 aromatic carbocycles. The second-order valence-corrected chi connectivity index (χ2v) is 8.99. The van der Waals surface area contributed by atoms with Gasteiger partial charge in [-0.3, -0.25) is 24.1 Å². The minimum absolute atomic E-state index is 0.128. The normalized spacial score (nSPS) is 20.3. The number of fused-ring (bicyclic) bond motifs is 1. The molecule has 1 aromatic rings. The Hall–Kier alpha value is -2.35. The van der Waals surface area contributed by atoms with Crippen LogP contribution in [0.5, 0.6) is 0 Å². The molecule has 8 heteroatoms. The summed E-state index contributed by atoms with van der Waals surface area (Å²) in [5.74, 6) is -0.160. The Kier molecular flexibility index (Phi) is 5.63. The Balaban J connectivity index is 1.43. The Labute approximate surface area is 174 Å². The van der Waals surface area contributed by atoms with Crippen molar-refractivity contribution in [3.05, 3.63) is 35.4 Å². The first-order chi connectivity index (χ1) is 14.0. The van der Waals surface area contributed by atoms with E-state index in [0.29, 0.717) is 25.3 Å². The highest BCUT2D eigenvalue weighted by molar-refractivity contribution is 8.14. The predicted octanol–water partition coefficient (Wildman–Crippen LogP) is 1.50. The number of thioether (sulfide) groups is 1. The molecule has 0 spiro atoms. The van der Waals surface area contributed by atoms with E-state index in [-0.39, 0.29) is 41.8 Å². The zero-order chi connectivity index (χ0) is 20.4. The standard InChI is InChI=1S/C21H25N3O4S/c25-17-13-29-20(28)24(17)9-8-22-18(26)21(19(27)23-12-14-4-3-5-14)10-15-6-1-2-7-16(15)11-21/h1-2,6-7,14H,3-5,8-13H2,(H,22,26)(H,23,27). The fourth-order valence-corrected chi connectivity index (χ4v) is 4.94. The summed E-state index contributed by atoms with van der Waals surface area (Å²) in [5.41, 5.74) is 0.854. The smallest absolute Gasteiger partial charge is 0.288 e. The quantitative estimate of drug-likeness (QED) is 0.658. The third kappa shape index (κ3) is 3.90. The summed E-state index contributed by atoms with van der Waals surface area (Å²) in [5, 5.41) is 5.53.